The van der Waals surface area contributed by atoms with Gasteiger partial charge >= 0.3 is 19.8 Å². The Balaban J connectivity index is 4.11. The second-order valence-electron chi connectivity index (χ2n) is 20.0. The molecule has 0 aromatic heterocycles. The topological polar surface area (TPSA) is 108 Å². The lowest BCUT2D eigenvalue weighted by atomic mass is 10.0. The first-order chi connectivity index (χ1) is 31.5. The highest BCUT2D eigenvalue weighted by molar-refractivity contribution is 7.47. The summed E-state index contributed by atoms with van der Waals surface area (Å²) in [7, 11) is 1.49. The van der Waals surface area contributed by atoms with Crippen molar-refractivity contribution in [2.24, 2.45) is 0 Å². The Morgan fingerprint density at radius 2 is 0.831 bits per heavy atom. The minimum Gasteiger partial charge on any atom is -0.462 e. The van der Waals surface area contributed by atoms with Gasteiger partial charge in [0, 0.05) is 12.8 Å². The molecular weight excluding hydrogens is 834 g/mol. The largest absolute Gasteiger partial charge is 0.472 e. The minimum absolute atomic E-state index is 0.0347. The number of hydrogen-bond donors (Lipinski definition) is 1. The number of nitrogens with zero attached hydrogens (tertiary/aromatic N) is 1. The summed E-state index contributed by atoms with van der Waals surface area (Å²) in [6.07, 6.45) is 55.2. The molecule has 0 bridgehead atoms. The van der Waals surface area contributed by atoms with Crippen LogP contribution in [-0.2, 0) is 32.7 Å². The summed E-state index contributed by atoms with van der Waals surface area (Å²) in [6, 6.07) is 0. The Morgan fingerprint density at radius 1 is 0.477 bits per heavy atom. The van der Waals surface area contributed by atoms with Crippen molar-refractivity contribution in [2.75, 3.05) is 47.5 Å². The van der Waals surface area contributed by atoms with Crippen molar-refractivity contribution in [2.45, 2.75) is 270 Å². The fourth-order valence-corrected chi connectivity index (χ4v) is 8.67. The Morgan fingerprint density at radius 3 is 1.22 bits per heavy atom. The quantitative estimate of drug-likeness (QED) is 0.0211. The molecule has 384 valence electrons. The Labute approximate surface area is 402 Å². The highest BCUT2D eigenvalue weighted by atomic mass is 31.2. The van der Waals surface area contributed by atoms with E-state index in [1.807, 2.05) is 21.1 Å². The summed E-state index contributed by atoms with van der Waals surface area (Å²) in [5, 5.41) is 0. The summed E-state index contributed by atoms with van der Waals surface area (Å²) in [6.45, 7) is 4.46. The first-order valence-electron chi connectivity index (χ1n) is 27.6. The van der Waals surface area contributed by atoms with Crippen molar-refractivity contribution in [1.82, 2.24) is 0 Å². The molecule has 2 atom stereocenters. The molecule has 0 amide bonds. The first kappa shape index (κ1) is 63.5. The molecule has 10 heteroatoms. The van der Waals surface area contributed by atoms with Gasteiger partial charge < -0.3 is 18.9 Å². The van der Waals surface area contributed by atoms with Gasteiger partial charge in [-0.05, 0) is 44.9 Å². The molecule has 0 heterocycles. The summed E-state index contributed by atoms with van der Waals surface area (Å²) in [5.74, 6) is -0.784. The van der Waals surface area contributed by atoms with Crippen molar-refractivity contribution in [3.63, 3.8) is 0 Å². The predicted molar refractivity (Wildman–Crippen MR) is 275 cm³/mol. The molecule has 2 unspecified atom stereocenters. The number of phosphoric ester groups is 1. The van der Waals surface area contributed by atoms with Gasteiger partial charge in [-0.3, -0.25) is 18.6 Å². The van der Waals surface area contributed by atoms with Crippen LogP contribution in [0.2, 0.25) is 0 Å². The number of allylic oxidation sites excluding steroid dienone is 4. The molecule has 0 aromatic rings. The van der Waals surface area contributed by atoms with E-state index in [1.165, 1.54) is 193 Å². The fraction of sp³-hybridized carbons (Fsp3) is 0.891. The van der Waals surface area contributed by atoms with Gasteiger partial charge in [0.2, 0.25) is 0 Å². The maximum Gasteiger partial charge on any atom is 0.472 e. The van der Waals surface area contributed by atoms with E-state index in [0.717, 1.165) is 38.5 Å². The lowest BCUT2D eigenvalue weighted by molar-refractivity contribution is -0.870. The van der Waals surface area contributed by atoms with Crippen molar-refractivity contribution >= 4 is 19.8 Å². The highest BCUT2D eigenvalue weighted by Crippen LogP contribution is 2.43. The monoisotopic (exact) mass is 941 g/mol. The Hall–Kier alpha value is -1.51. The van der Waals surface area contributed by atoms with E-state index in [0.29, 0.717) is 23.9 Å². The SMILES string of the molecule is CCCCCCC/C=C\C/C=C\CCCCCCCCCCCCCCCCCC(=O)OC(COC(=O)CCCCCCCCCCCCCCCC)COP(=O)(O)OCC[N+](C)(C)C. The highest BCUT2D eigenvalue weighted by Gasteiger charge is 2.27. The molecule has 0 saturated heterocycles. The number of likely N-dealkylation sites (N-methyl/N-ethyl adjacent to an activating group) is 1. The number of unbranched alkanes of at least 4 members (excludes halogenated alkanes) is 33. The number of ether oxygens (including phenoxy) is 2. The van der Waals surface area contributed by atoms with Crippen molar-refractivity contribution < 1.29 is 42.1 Å². The van der Waals surface area contributed by atoms with Crippen LogP contribution >= 0.6 is 7.82 Å². The van der Waals surface area contributed by atoms with E-state index in [9.17, 15) is 19.0 Å². The van der Waals surface area contributed by atoms with E-state index in [-0.39, 0.29) is 25.6 Å². The number of quaternary nitrogens is 1. The van der Waals surface area contributed by atoms with Crippen molar-refractivity contribution in [3.8, 4) is 0 Å². The number of carbonyl (C=O) groups excluding carboxylic acids is 2. The Bertz CT molecular complexity index is 1150. The summed E-state index contributed by atoms with van der Waals surface area (Å²) in [5.41, 5.74) is 0. The molecule has 0 aliphatic heterocycles. The Kier molecular flexibility index (Phi) is 46.4. The molecule has 0 rings (SSSR count). The fourth-order valence-electron chi connectivity index (χ4n) is 7.93. The van der Waals surface area contributed by atoms with Crippen LogP contribution in [0.3, 0.4) is 0 Å². The average Bonchev–Trinajstić information content (AvgIpc) is 3.26. The van der Waals surface area contributed by atoms with E-state index in [2.05, 4.69) is 38.2 Å². The summed E-state index contributed by atoms with van der Waals surface area (Å²) >= 11 is 0. The molecule has 0 aliphatic carbocycles. The van der Waals surface area contributed by atoms with Crippen molar-refractivity contribution in [3.05, 3.63) is 24.3 Å². The number of phosphoric acid groups is 1. The molecule has 0 aliphatic rings. The average molecular weight is 941 g/mol. The van der Waals surface area contributed by atoms with E-state index >= 15 is 0 Å². The normalized spacial score (nSPS) is 13.5. The van der Waals surface area contributed by atoms with Crippen LogP contribution in [0.15, 0.2) is 24.3 Å². The second kappa shape index (κ2) is 47.6. The second-order valence-corrected chi connectivity index (χ2v) is 21.4. The van der Waals surface area contributed by atoms with Gasteiger partial charge in [-0.25, -0.2) is 4.57 Å². The van der Waals surface area contributed by atoms with Crippen molar-refractivity contribution in [1.29, 1.82) is 0 Å². The van der Waals surface area contributed by atoms with Gasteiger partial charge in [0.1, 0.15) is 19.8 Å². The van der Waals surface area contributed by atoms with E-state index in [1.54, 1.807) is 0 Å². The third kappa shape index (κ3) is 51.7. The molecule has 0 fully saturated rings. The lowest BCUT2D eigenvalue weighted by Gasteiger charge is -2.24. The third-order valence-corrected chi connectivity index (χ3v) is 13.2. The van der Waals surface area contributed by atoms with Crippen LogP contribution in [0.4, 0.5) is 0 Å². The van der Waals surface area contributed by atoms with Gasteiger partial charge in [-0.15, -0.1) is 0 Å². The number of esters is 2. The minimum atomic E-state index is -4.38. The van der Waals surface area contributed by atoms with Crippen LogP contribution in [-0.4, -0.2) is 74.9 Å². The standard InChI is InChI=1S/C55H106NO8P/c1-6-8-10-12-14-16-18-20-22-23-24-25-26-27-28-29-30-31-32-33-34-36-38-40-42-44-46-48-55(58)64-53(52-63-65(59,60)62-50-49-56(3,4)5)51-61-54(57)47-45-43-41-39-37-35-21-19-17-15-13-11-9-7-2/h18,20,23-24,53H,6-17,19,21-22,25-52H2,1-5H3/p+1/b20-18-,24-23-. The molecule has 0 saturated carbocycles. The molecule has 0 spiro atoms. The summed E-state index contributed by atoms with van der Waals surface area (Å²) < 4.78 is 34.5. The molecule has 0 radical (unpaired) electrons. The van der Waals surface area contributed by atoms with Gasteiger partial charge in [0.15, 0.2) is 6.10 Å². The van der Waals surface area contributed by atoms with Gasteiger partial charge in [-0.2, -0.15) is 0 Å². The van der Waals surface area contributed by atoms with E-state index in [4.69, 9.17) is 18.5 Å². The maximum absolute atomic E-state index is 12.8. The van der Waals surface area contributed by atoms with Crippen LogP contribution in [0.25, 0.3) is 0 Å². The third-order valence-electron chi connectivity index (χ3n) is 12.2. The van der Waals surface area contributed by atoms with Crippen LogP contribution in [0, 0.1) is 0 Å². The zero-order valence-corrected chi connectivity index (χ0v) is 44.4. The molecule has 65 heavy (non-hydrogen) atoms. The molecule has 1 N–H and O–H groups in total. The molecule has 9 nitrogen and oxygen atoms in total. The number of hydrogen-bond acceptors (Lipinski definition) is 7. The maximum atomic E-state index is 12.8. The lowest BCUT2D eigenvalue weighted by Crippen LogP contribution is -2.37. The van der Waals surface area contributed by atoms with Gasteiger partial charge in [0.25, 0.3) is 0 Å². The first-order valence-corrected chi connectivity index (χ1v) is 29.1. The number of carbonyl (C=O) groups is 2. The van der Waals surface area contributed by atoms with Crippen LogP contribution < -0.4 is 0 Å². The number of rotatable bonds is 51. The van der Waals surface area contributed by atoms with E-state index < -0.39 is 26.5 Å². The van der Waals surface area contributed by atoms with Crippen LogP contribution in [0.5, 0.6) is 0 Å². The zero-order chi connectivity index (χ0) is 47.8. The zero-order valence-electron chi connectivity index (χ0n) is 43.5. The predicted octanol–water partition coefficient (Wildman–Crippen LogP) is 16.6. The molecule has 0 aromatic carbocycles. The summed E-state index contributed by atoms with van der Waals surface area (Å²) in [4.78, 5) is 35.6. The van der Waals surface area contributed by atoms with Gasteiger partial charge in [0.05, 0.1) is 27.7 Å². The van der Waals surface area contributed by atoms with Gasteiger partial charge in [-0.1, -0.05) is 231 Å². The van der Waals surface area contributed by atoms with Crippen LogP contribution in [0.1, 0.15) is 264 Å². The molecular formula is C55H107NO8P+. The smallest absolute Gasteiger partial charge is 0.462 e.